The van der Waals surface area contributed by atoms with E-state index in [9.17, 15) is 4.79 Å². The molecule has 0 saturated heterocycles. The van der Waals surface area contributed by atoms with Crippen molar-refractivity contribution in [2.45, 2.75) is 97.8 Å². The third-order valence-corrected chi connectivity index (χ3v) is 5.22. The van der Waals surface area contributed by atoms with Gasteiger partial charge in [-0.05, 0) is 43.0 Å². The van der Waals surface area contributed by atoms with E-state index < -0.39 is 5.24 Å². The lowest BCUT2D eigenvalue weighted by molar-refractivity contribution is 0.108. The monoisotopic (exact) mass is 440 g/mol. The molecule has 0 aromatic heterocycles. The van der Waals surface area contributed by atoms with Gasteiger partial charge < -0.3 is 14.2 Å². The van der Waals surface area contributed by atoms with E-state index in [1.54, 1.807) is 12.1 Å². The van der Waals surface area contributed by atoms with Gasteiger partial charge in [0.2, 0.25) is 5.75 Å². The molecule has 0 heterocycles. The minimum Gasteiger partial charge on any atom is -0.490 e. The maximum Gasteiger partial charge on any atom is 0.252 e. The summed E-state index contributed by atoms with van der Waals surface area (Å²) in [5, 5.41) is -0.517. The summed E-state index contributed by atoms with van der Waals surface area (Å²) in [6.07, 6.45) is 13.4. The van der Waals surface area contributed by atoms with Gasteiger partial charge in [-0.3, -0.25) is 4.79 Å². The number of carbonyl (C=O) groups is 1. The van der Waals surface area contributed by atoms with Crippen LogP contribution >= 0.6 is 11.6 Å². The van der Waals surface area contributed by atoms with Crippen LogP contribution in [0.4, 0.5) is 0 Å². The van der Waals surface area contributed by atoms with Gasteiger partial charge in [-0.2, -0.15) is 0 Å². The number of rotatable bonds is 19. The fourth-order valence-electron chi connectivity index (χ4n) is 3.17. The Morgan fingerprint density at radius 3 is 1.43 bits per heavy atom. The molecular formula is C25H41ClO4. The summed E-state index contributed by atoms with van der Waals surface area (Å²) in [7, 11) is 0. The first-order chi connectivity index (χ1) is 14.6. The molecule has 0 bridgehead atoms. The molecule has 0 aliphatic rings. The number of hydrogen-bond acceptors (Lipinski definition) is 4. The highest BCUT2D eigenvalue weighted by Gasteiger charge is 2.18. The van der Waals surface area contributed by atoms with Gasteiger partial charge in [0.25, 0.3) is 5.24 Å². The number of halogens is 1. The minimum absolute atomic E-state index is 0.377. The second kappa shape index (κ2) is 17.3. The first kappa shape index (κ1) is 26.6. The van der Waals surface area contributed by atoms with E-state index in [1.807, 2.05) is 0 Å². The zero-order valence-electron chi connectivity index (χ0n) is 19.3. The van der Waals surface area contributed by atoms with Gasteiger partial charge in [-0.1, -0.05) is 78.6 Å². The van der Waals surface area contributed by atoms with Crippen LogP contribution in [0.15, 0.2) is 12.1 Å². The molecular weight excluding hydrogens is 400 g/mol. The first-order valence-corrected chi connectivity index (χ1v) is 12.3. The van der Waals surface area contributed by atoms with E-state index >= 15 is 0 Å². The molecule has 0 aliphatic heterocycles. The molecule has 4 nitrogen and oxygen atoms in total. The van der Waals surface area contributed by atoms with Crippen LogP contribution in [0.2, 0.25) is 0 Å². The Kier molecular flexibility index (Phi) is 15.3. The number of hydrogen-bond donors (Lipinski definition) is 0. The third-order valence-electron chi connectivity index (χ3n) is 5.00. The smallest absolute Gasteiger partial charge is 0.252 e. The minimum atomic E-state index is -0.517. The molecule has 0 saturated carbocycles. The zero-order chi connectivity index (χ0) is 22.0. The number of unbranched alkanes of at least 4 members (excludes halogenated alkanes) is 9. The number of benzene rings is 1. The van der Waals surface area contributed by atoms with Crippen LogP contribution in [0.3, 0.4) is 0 Å². The lowest BCUT2D eigenvalue weighted by Crippen LogP contribution is -2.07. The van der Waals surface area contributed by atoms with Crippen molar-refractivity contribution in [2.24, 2.45) is 0 Å². The molecule has 0 aliphatic carbocycles. The van der Waals surface area contributed by atoms with Crippen molar-refractivity contribution in [3.8, 4) is 17.2 Å². The zero-order valence-corrected chi connectivity index (χ0v) is 20.0. The van der Waals surface area contributed by atoms with Crippen molar-refractivity contribution in [2.75, 3.05) is 19.8 Å². The molecule has 30 heavy (non-hydrogen) atoms. The highest BCUT2D eigenvalue weighted by atomic mass is 35.5. The van der Waals surface area contributed by atoms with Crippen molar-refractivity contribution < 1.29 is 19.0 Å². The average molecular weight is 441 g/mol. The van der Waals surface area contributed by atoms with Crippen LogP contribution in [0, 0.1) is 0 Å². The van der Waals surface area contributed by atoms with Crippen LogP contribution in [0.5, 0.6) is 17.2 Å². The SMILES string of the molecule is CCCCCCOc1cc(C(=O)Cl)cc(OCCCCCC)c1OCCCCCC. The topological polar surface area (TPSA) is 44.8 Å². The Morgan fingerprint density at radius 2 is 1.07 bits per heavy atom. The van der Waals surface area contributed by atoms with Crippen molar-refractivity contribution >= 4 is 16.8 Å². The van der Waals surface area contributed by atoms with Crippen LogP contribution in [0.1, 0.15) is 108 Å². The summed E-state index contributed by atoms with van der Waals surface area (Å²) in [6, 6.07) is 3.36. The Balaban J connectivity index is 2.91. The van der Waals surface area contributed by atoms with Crippen molar-refractivity contribution in [1.82, 2.24) is 0 Å². The largest absolute Gasteiger partial charge is 0.490 e. The maximum atomic E-state index is 11.8. The second-order valence-electron chi connectivity index (χ2n) is 7.80. The van der Waals surface area contributed by atoms with Gasteiger partial charge in [-0.15, -0.1) is 0 Å². The van der Waals surface area contributed by atoms with E-state index in [4.69, 9.17) is 25.8 Å². The average Bonchev–Trinajstić information content (AvgIpc) is 2.74. The van der Waals surface area contributed by atoms with Crippen LogP contribution in [0.25, 0.3) is 0 Å². The van der Waals surface area contributed by atoms with E-state index in [0.717, 1.165) is 38.5 Å². The maximum absolute atomic E-state index is 11.8. The van der Waals surface area contributed by atoms with Crippen molar-refractivity contribution in [3.05, 3.63) is 17.7 Å². The normalized spacial score (nSPS) is 10.8. The van der Waals surface area contributed by atoms with Crippen molar-refractivity contribution in [3.63, 3.8) is 0 Å². The Morgan fingerprint density at radius 1 is 0.667 bits per heavy atom. The highest BCUT2D eigenvalue weighted by Crippen LogP contribution is 2.40. The standard InChI is InChI=1S/C25H41ClO4/c1-4-7-10-13-16-28-22-19-21(25(26)27)20-23(29-17-14-11-8-5-2)24(22)30-18-15-12-9-6-3/h19-20H,4-18H2,1-3H3. The number of ether oxygens (including phenoxy) is 3. The molecule has 1 aromatic carbocycles. The van der Waals surface area contributed by atoms with Gasteiger partial charge in [0, 0.05) is 5.56 Å². The third kappa shape index (κ3) is 11.1. The highest BCUT2D eigenvalue weighted by molar-refractivity contribution is 6.67. The lowest BCUT2D eigenvalue weighted by atomic mass is 10.2. The summed E-state index contributed by atoms with van der Waals surface area (Å²) in [4.78, 5) is 11.8. The lowest BCUT2D eigenvalue weighted by Gasteiger charge is -2.18. The molecule has 0 radical (unpaired) electrons. The van der Waals surface area contributed by atoms with Crippen molar-refractivity contribution in [1.29, 1.82) is 0 Å². The molecule has 172 valence electrons. The fourth-order valence-corrected chi connectivity index (χ4v) is 3.28. The molecule has 0 N–H and O–H groups in total. The molecule has 1 aromatic rings. The summed E-state index contributed by atoms with van der Waals surface area (Å²) < 4.78 is 18.1. The van der Waals surface area contributed by atoms with Gasteiger partial charge in [0.05, 0.1) is 19.8 Å². The molecule has 0 spiro atoms. The molecule has 0 amide bonds. The molecule has 0 fully saturated rings. The molecule has 0 atom stereocenters. The van der Waals surface area contributed by atoms with E-state index in [1.165, 1.54) is 38.5 Å². The Labute approximate surface area is 188 Å². The van der Waals surface area contributed by atoms with E-state index in [0.29, 0.717) is 42.6 Å². The first-order valence-electron chi connectivity index (χ1n) is 11.9. The molecule has 0 unspecified atom stereocenters. The van der Waals surface area contributed by atoms with Crippen LogP contribution < -0.4 is 14.2 Å². The number of carbonyl (C=O) groups excluding carboxylic acids is 1. The van der Waals surface area contributed by atoms with Gasteiger partial charge in [0.15, 0.2) is 11.5 Å². The summed E-state index contributed by atoms with van der Waals surface area (Å²) in [5.41, 5.74) is 0.377. The van der Waals surface area contributed by atoms with Crippen LogP contribution in [-0.2, 0) is 0 Å². The van der Waals surface area contributed by atoms with Gasteiger partial charge in [0.1, 0.15) is 0 Å². The fraction of sp³-hybridized carbons (Fsp3) is 0.720. The predicted molar refractivity (Wildman–Crippen MR) is 126 cm³/mol. The summed E-state index contributed by atoms with van der Waals surface area (Å²) in [6.45, 7) is 8.34. The molecule has 1 rings (SSSR count). The quantitative estimate of drug-likeness (QED) is 0.162. The summed E-state index contributed by atoms with van der Waals surface area (Å²) >= 11 is 5.78. The Bertz CT molecular complexity index is 554. The van der Waals surface area contributed by atoms with E-state index in [-0.39, 0.29) is 0 Å². The van der Waals surface area contributed by atoms with Gasteiger partial charge >= 0.3 is 0 Å². The predicted octanol–water partition coefficient (Wildman–Crippen LogP) is 7.94. The van der Waals surface area contributed by atoms with E-state index in [2.05, 4.69) is 20.8 Å². The second-order valence-corrected chi connectivity index (χ2v) is 8.15. The Hall–Kier alpha value is -1.42. The van der Waals surface area contributed by atoms with Crippen LogP contribution in [-0.4, -0.2) is 25.1 Å². The summed E-state index contributed by atoms with van der Waals surface area (Å²) in [5.74, 6) is 1.70. The van der Waals surface area contributed by atoms with Gasteiger partial charge in [-0.25, -0.2) is 0 Å². The molecule has 5 heteroatoms.